The first-order valence-corrected chi connectivity index (χ1v) is 8.48. The molecule has 0 fully saturated rings. The van der Waals surface area contributed by atoms with Gasteiger partial charge in [-0.3, -0.25) is 0 Å². The van der Waals surface area contributed by atoms with Crippen molar-refractivity contribution in [2.24, 2.45) is 0 Å². The monoisotopic (exact) mass is 359 g/mol. The van der Waals surface area contributed by atoms with Crippen LogP contribution >= 0.6 is 27.5 Å². The van der Waals surface area contributed by atoms with Gasteiger partial charge in [0.15, 0.2) is 9.84 Å². The second kappa shape index (κ2) is 5.23. The van der Waals surface area contributed by atoms with Crippen LogP contribution in [0.2, 0.25) is 5.15 Å². The zero-order valence-corrected chi connectivity index (χ0v) is 13.5. The second-order valence-electron chi connectivity index (χ2n) is 4.29. The molecule has 0 N–H and O–H groups in total. The fourth-order valence-electron chi connectivity index (χ4n) is 1.62. The van der Waals surface area contributed by atoms with Crippen LogP contribution in [0.15, 0.2) is 28.1 Å². The predicted octanol–water partition coefficient (Wildman–Crippen LogP) is 3.93. The molecule has 0 saturated carbocycles. The standard InChI is InChI=1S/C13H11BrClNO2S/c1-8-3-4-11-9(5-8)6-10(13(15)16-11)7-12(14)19(2,17)18/h3-7H,1-2H3/b12-7+. The first-order valence-electron chi connectivity index (χ1n) is 5.41. The fourth-order valence-corrected chi connectivity index (χ4v) is 2.41. The Labute approximate surface area is 125 Å². The highest BCUT2D eigenvalue weighted by Crippen LogP contribution is 2.26. The van der Waals surface area contributed by atoms with E-state index in [1.165, 1.54) is 6.08 Å². The molecule has 0 aliphatic heterocycles. The number of aromatic nitrogens is 1. The highest BCUT2D eigenvalue weighted by Gasteiger charge is 2.10. The summed E-state index contributed by atoms with van der Waals surface area (Å²) < 4.78 is 22.9. The average molecular weight is 361 g/mol. The van der Waals surface area contributed by atoms with Crippen LogP contribution in [0.4, 0.5) is 0 Å². The molecule has 1 heterocycles. The van der Waals surface area contributed by atoms with Crippen LogP contribution in [-0.2, 0) is 9.84 Å². The predicted molar refractivity (Wildman–Crippen MR) is 83.2 cm³/mol. The summed E-state index contributed by atoms with van der Waals surface area (Å²) in [7, 11) is -3.29. The lowest BCUT2D eigenvalue weighted by molar-refractivity contribution is 0.610. The van der Waals surface area contributed by atoms with E-state index in [2.05, 4.69) is 20.9 Å². The maximum Gasteiger partial charge on any atom is 0.182 e. The molecular formula is C13H11BrClNO2S. The molecule has 0 spiro atoms. The molecular weight excluding hydrogens is 350 g/mol. The number of halogens is 2. The number of nitrogens with zero attached hydrogens (tertiary/aromatic N) is 1. The van der Waals surface area contributed by atoms with Crippen LogP contribution in [0.25, 0.3) is 17.0 Å². The summed E-state index contributed by atoms with van der Waals surface area (Å²) in [6, 6.07) is 7.64. The molecule has 6 heteroatoms. The Kier molecular flexibility index (Phi) is 3.99. The summed E-state index contributed by atoms with van der Waals surface area (Å²) in [5.41, 5.74) is 2.45. The fraction of sp³-hybridized carbons (Fsp3) is 0.154. The van der Waals surface area contributed by atoms with E-state index >= 15 is 0 Å². The molecule has 0 unspecified atom stereocenters. The number of benzene rings is 1. The van der Waals surface area contributed by atoms with E-state index in [1.807, 2.05) is 31.2 Å². The molecule has 0 amide bonds. The number of pyridine rings is 1. The Morgan fingerprint density at radius 2 is 2.05 bits per heavy atom. The van der Waals surface area contributed by atoms with Gasteiger partial charge < -0.3 is 0 Å². The van der Waals surface area contributed by atoms with Crippen molar-refractivity contribution in [3.05, 3.63) is 44.4 Å². The Balaban J connectivity index is 2.65. The number of aryl methyl sites for hydroxylation is 1. The summed E-state index contributed by atoms with van der Waals surface area (Å²) >= 11 is 9.10. The molecule has 2 aromatic rings. The minimum absolute atomic E-state index is 0.0794. The van der Waals surface area contributed by atoms with E-state index in [0.717, 1.165) is 22.7 Å². The molecule has 0 bridgehead atoms. The molecule has 19 heavy (non-hydrogen) atoms. The molecule has 2 rings (SSSR count). The minimum Gasteiger partial charge on any atom is -0.235 e. The number of hydrogen-bond donors (Lipinski definition) is 0. The molecule has 0 aliphatic carbocycles. The summed E-state index contributed by atoms with van der Waals surface area (Å²) in [6.07, 6.45) is 2.59. The Hall–Kier alpha value is -0.910. The van der Waals surface area contributed by atoms with Crippen molar-refractivity contribution in [3.8, 4) is 0 Å². The van der Waals surface area contributed by atoms with E-state index < -0.39 is 9.84 Å². The zero-order valence-electron chi connectivity index (χ0n) is 10.3. The third-order valence-corrected chi connectivity index (χ3v) is 5.70. The summed E-state index contributed by atoms with van der Waals surface area (Å²) in [5.74, 6) is 0. The third kappa shape index (κ3) is 3.35. The van der Waals surface area contributed by atoms with Gasteiger partial charge >= 0.3 is 0 Å². The molecule has 3 nitrogen and oxygen atoms in total. The van der Waals surface area contributed by atoms with Crippen LogP contribution in [0.5, 0.6) is 0 Å². The average Bonchev–Trinajstić information content (AvgIpc) is 2.29. The largest absolute Gasteiger partial charge is 0.235 e. The molecule has 100 valence electrons. The highest BCUT2D eigenvalue weighted by molar-refractivity contribution is 9.13. The third-order valence-electron chi connectivity index (χ3n) is 2.57. The van der Waals surface area contributed by atoms with E-state index in [9.17, 15) is 8.42 Å². The molecule has 0 aliphatic rings. The van der Waals surface area contributed by atoms with Crippen molar-refractivity contribution in [2.45, 2.75) is 6.92 Å². The minimum atomic E-state index is -3.29. The molecule has 1 aromatic heterocycles. The van der Waals surface area contributed by atoms with Gasteiger partial charge in [-0.05, 0) is 47.1 Å². The number of rotatable bonds is 2. The van der Waals surface area contributed by atoms with Crippen LogP contribution in [0.1, 0.15) is 11.1 Å². The maximum absolute atomic E-state index is 11.4. The Bertz CT molecular complexity index is 785. The quantitative estimate of drug-likeness (QED) is 0.762. The number of fused-ring (bicyclic) bond motifs is 1. The lowest BCUT2D eigenvalue weighted by Gasteiger charge is -2.04. The lowest BCUT2D eigenvalue weighted by atomic mass is 10.1. The van der Waals surface area contributed by atoms with Gasteiger partial charge in [-0.25, -0.2) is 13.4 Å². The SMILES string of the molecule is Cc1ccc2nc(Cl)c(/C=C(\Br)S(C)(=O)=O)cc2c1. The molecule has 0 radical (unpaired) electrons. The molecule has 1 aromatic carbocycles. The normalized spacial score (nSPS) is 12.9. The van der Waals surface area contributed by atoms with Gasteiger partial charge in [-0.15, -0.1) is 0 Å². The van der Waals surface area contributed by atoms with Gasteiger partial charge in [0, 0.05) is 17.2 Å². The topological polar surface area (TPSA) is 47.0 Å². The molecule has 0 atom stereocenters. The zero-order chi connectivity index (χ0) is 14.2. The van der Waals surface area contributed by atoms with Crippen molar-refractivity contribution in [3.63, 3.8) is 0 Å². The number of sulfone groups is 1. The van der Waals surface area contributed by atoms with Crippen LogP contribution in [0.3, 0.4) is 0 Å². The van der Waals surface area contributed by atoms with Crippen molar-refractivity contribution in [1.82, 2.24) is 4.98 Å². The smallest absolute Gasteiger partial charge is 0.182 e. The Morgan fingerprint density at radius 1 is 1.37 bits per heavy atom. The van der Waals surface area contributed by atoms with E-state index in [4.69, 9.17) is 11.6 Å². The van der Waals surface area contributed by atoms with Gasteiger partial charge in [0.25, 0.3) is 0 Å². The van der Waals surface area contributed by atoms with Gasteiger partial charge in [0.1, 0.15) is 8.97 Å². The van der Waals surface area contributed by atoms with Gasteiger partial charge in [-0.2, -0.15) is 0 Å². The number of hydrogen-bond acceptors (Lipinski definition) is 3. The van der Waals surface area contributed by atoms with Crippen molar-refractivity contribution >= 4 is 54.3 Å². The van der Waals surface area contributed by atoms with Gasteiger partial charge in [-0.1, -0.05) is 23.2 Å². The van der Waals surface area contributed by atoms with Crippen LogP contribution in [0, 0.1) is 6.92 Å². The first kappa shape index (κ1) is 14.5. The first-order chi connectivity index (χ1) is 8.77. The van der Waals surface area contributed by atoms with Gasteiger partial charge in [0.2, 0.25) is 0 Å². The maximum atomic E-state index is 11.4. The second-order valence-corrected chi connectivity index (χ2v) is 8.01. The summed E-state index contributed by atoms with van der Waals surface area (Å²) in [4.78, 5) is 4.26. The van der Waals surface area contributed by atoms with Crippen molar-refractivity contribution < 1.29 is 8.42 Å². The summed E-state index contributed by atoms with van der Waals surface area (Å²) in [5, 5.41) is 1.20. The van der Waals surface area contributed by atoms with Crippen molar-refractivity contribution in [1.29, 1.82) is 0 Å². The van der Waals surface area contributed by atoms with Crippen LogP contribution in [-0.4, -0.2) is 19.7 Å². The van der Waals surface area contributed by atoms with E-state index in [1.54, 1.807) is 0 Å². The summed E-state index contributed by atoms with van der Waals surface area (Å²) in [6.45, 7) is 1.98. The van der Waals surface area contributed by atoms with E-state index in [-0.39, 0.29) is 8.97 Å². The molecule has 0 saturated heterocycles. The Morgan fingerprint density at radius 3 is 2.68 bits per heavy atom. The highest BCUT2D eigenvalue weighted by atomic mass is 79.9. The van der Waals surface area contributed by atoms with Gasteiger partial charge in [0.05, 0.1) is 5.52 Å². The van der Waals surface area contributed by atoms with Crippen molar-refractivity contribution in [2.75, 3.05) is 6.26 Å². The van der Waals surface area contributed by atoms with Crippen LogP contribution < -0.4 is 0 Å². The lowest BCUT2D eigenvalue weighted by Crippen LogP contribution is -1.95. The van der Waals surface area contributed by atoms with E-state index in [0.29, 0.717) is 5.56 Å².